The van der Waals surface area contributed by atoms with E-state index in [1.807, 2.05) is 13.8 Å². The quantitative estimate of drug-likeness (QED) is 0.870. The highest BCUT2D eigenvalue weighted by molar-refractivity contribution is 7.17. The van der Waals surface area contributed by atoms with E-state index in [4.69, 9.17) is 5.11 Å². The number of carbonyl (C=O) groups is 1. The summed E-state index contributed by atoms with van der Waals surface area (Å²) in [7, 11) is 0. The van der Waals surface area contributed by atoms with E-state index in [0.29, 0.717) is 0 Å². The molecule has 0 aliphatic carbocycles. The second-order valence-electron chi connectivity index (χ2n) is 5.49. The van der Waals surface area contributed by atoms with E-state index in [0.717, 1.165) is 12.8 Å². The van der Waals surface area contributed by atoms with Crippen molar-refractivity contribution in [3.05, 3.63) is 35.2 Å². The average Bonchev–Trinajstić information content (AvgIpc) is 2.68. The first-order chi connectivity index (χ1) is 8.48. The van der Waals surface area contributed by atoms with Crippen LogP contribution in [0, 0.1) is 5.41 Å². The van der Waals surface area contributed by atoms with Gasteiger partial charge in [0.2, 0.25) is 0 Å². The zero-order valence-electron chi connectivity index (χ0n) is 10.8. The Morgan fingerprint density at radius 3 is 2.78 bits per heavy atom. The van der Waals surface area contributed by atoms with Crippen molar-refractivity contribution in [3.63, 3.8) is 0 Å². The zero-order chi connectivity index (χ0) is 13.2. The standard InChI is InChI=1S/C15H18O2S/c1-15(2,9-14(16)17)8-7-11-10-18-13-6-4-3-5-12(11)13/h3-6,10H,7-9H2,1-2H3,(H,16,17). The molecule has 1 heterocycles. The molecule has 2 nitrogen and oxygen atoms in total. The Bertz CT molecular complexity index is 554. The van der Waals surface area contributed by atoms with Crippen molar-refractivity contribution < 1.29 is 9.90 Å². The molecule has 1 N–H and O–H groups in total. The Morgan fingerprint density at radius 1 is 1.33 bits per heavy atom. The topological polar surface area (TPSA) is 37.3 Å². The molecule has 0 saturated heterocycles. The average molecular weight is 262 g/mol. The summed E-state index contributed by atoms with van der Waals surface area (Å²) >= 11 is 1.76. The molecule has 3 heteroatoms. The van der Waals surface area contributed by atoms with Crippen molar-refractivity contribution in [2.45, 2.75) is 33.1 Å². The molecule has 96 valence electrons. The van der Waals surface area contributed by atoms with Crippen LogP contribution in [0.3, 0.4) is 0 Å². The molecule has 0 atom stereocenters. The van der Waals surface area contributed by atoms with Gasteiger partial charge in [0, 0.05) is 4.70 Å². The van der Waals surface area contributed by atoms with Crippen LogP contribution in [0.15, 0.2) is 29.6 Å². The normalized spacial score (nSPS) is 11.9. The third-order valence-corrected chi connectivity index (χ3v) is 4.27. The highest BCUT2D eigenvalue weighted by Gasteiger charge is 2.21. The van der Waals surface area contributed by atoms with Gasteiger partial charge in [-0.05, 0) is 40.7 Å². The van der Waals surface area contributed by atoms with E-state index >= 15 is 0 Å². The molecular formula is C15H18O2S. The minimum Gasteiger partial charge on any atom is -0.481 e. The van der Waals surface area contributed by atoms with Gasteiger partial charge in [-0.15, -0.1) is 11.3 Å². The van der Waals surface area contributed by atoms with E-state index in [1.165, 1.54) is 15.6 Å². The number of aliphatic carboxylic acids is 1. The van der Waals surface area contributed by atoms with E-state index in [9.17, 15) is 4.79 Å². The highest BCUT2D eigenvalue weighted by Crippen LogP contribution is 2.31. The number of hydrogen-bond donors (Lipinski definition) is 1. The lowest BCUT2D eigenvalue weighted by Gasteiger charge is -2.21. The molecule has 0 bridgehead atoms. The monoisotopic (exact) mass is 262 g/mol. The number of benzene rings is 1. The van der Waals surface area contributed by atoms with Crippen LogP contribution in [-0.2, 0) is 11.2 Å². The third-order valence-electron chi connectivity index (χ3n) is 3.26. The number of carboxylic acids is 1. The van der Waals surface area contributed by atoms with Gasteiger partial charge in [-0.1, -0.05) is 32.0 Å². The Balaban J connectivity index is 2.08. The van der Waals surface area contributed by atoms with Crippen molar-refractivity contribution in [2.24, 2.45) is 5.41 Å². The summed E-state index contributed by atoms with van der Waals surface area (Å²) in [5.41, 5.74) is 1.20. The van der Waals surface area contributed by atoms with Crippen LogP contribution in [0.4, 0.5) is 0 Å². The summed E-state index contributed by atoms with van der Waals surface area (Å²) in [4.78, 5) is 10.8. The first-order valence-electron chi connectivity index (χ1n) is 6.15. The first kappa shape index (κ1) is 13.1. The van der Waals surface area contributed by atoms with Gasteiger partial charge in [0.05, 0.1) is 6.42 Å². The van der Waals surface area contributed by atoms with Gasteiger partial charge in [0.25, 0.3) is 0 Å². The second kappa shape index (κ2) is 5.11. The maximum Gasteiger partial charge on any atom is 0.303 e. The summed E-state index contributed by atoms with van der Waals surface area (Å²) in [5.74, 6) is -0.713. The van der Waals surface area contributed by atoms with E-state index < -0.39 is 5.97 Å². The molecule has 0 spiro atoms. The van der Waals surface area contributed by atoms with Crippen LogP contribution in [0.25, 0.3) is 10.1 Å². The summed E-state index contributed by atoms with van der Waals surface area (Å²) in [6, 6.07) is 8.38. The summed E-state index contributed by atoms with van der Waals surface area (Å²) in [5, 5.41) is 12.4. The molecule has 0 radical (unpaired) electrons. The van der Waals surface area contributed by atoms with Gasteiger partial charge in [-0.25, -0.2) is 0 Å². The van der Waals surface area contributed by atoms with Crippen LogP contribution in [0.1, 0.15) is 32.3 Å². The number of rotatable bonds is 5. The van der Waals surface area contributed by atoms with Crippen molar-refractivity contribution in [2.75, 3.05) is 0 Å². The number of hydrogen-bond acceptors (Lipinski definition) is 2. The van der Waals surface area contributed by atoms with E-state index in [1.54, 1.807) is 11.3 Å². The van der Waals surface area contributed by atoms with Crippen molar-refractivity contribution in [3.8, 4) is 0 Å². The molecule has 0 fully saturated rings. The first-order valence-corrected chi connectivity index (χ1v) is 7.03. The maximum absolute atomic E-state index is 10.8. The molecule has 2 aromatic rings. The van der Waals surface area contributed by atoms with Gasteiger partial charge >= 0.3 is 5.97 Å². The molecule has 0 aliphatic rings. The molecular weight excluding hydrogens is 244 g/mol. The lowest BCUT2D eigenvalue weighted by Crippen LogP contribution is -2.17. The third kappa shape index (κ3) is 3.10. The fourth-order valence-corrected chi connectivity index (χ4v) is 3.19. The summed E-state index contributed by atoms with van der Waals surface area (Å²) in [6.45, 7) is 4.05. The van der Waals surface area contributed by atoms with Crippen LogP contribution in [-0.4, -0.2) is 11.1 Å². The number of aryl methyl sites for hydroxylation is 1. The number of fused-ring (bicyclic) bond motifs is 1. The highest BCUT2D eigenvalue weighted by atomic mass is 32.1. The summed E-state index contributed by atoms with van der Waals surface area (Å²) < 4.78 is 1.31. The van der Waals surface area contributed by atoms with Gasteiger partial charge in [-0.3, -0.25) is 4.79 Å². The lowest BCUT2D eigenvalue weighted by atomic mass is 9.83. The fourth-order valence-electron chi connectivity index (χ4n) is 2.20. The molecule has 2 rings (SSSR count). The molecule has 1 aromatic heterocycles. The van der Waals surface area contributed by atoms with E-state index in [-0.39, 0.29) is 11.8 Å². The Kier molecular flexibility index (Phi) is 3.71. The number of thiophene rings is 1. The van der Waals surface area contributed by atoms with E-state index in [2.05, 4.69) is 29.6 Å². The fraction of sp³-hybridized carbons (Fsp3) is 0.400. The SMILES string of the molecule is CC(C)(CCc1csc2ccccc12)CC(=O)O. The van der Waals surface area contributed by atoms with Gasteiger partial charge in [0.1, 0.15) is 0 Å². The number of carboxylic acid groups (broad SMARTS) is 1. The predicted molar refractivity (Wildman–Crippen MR) is 76.2 cm³/mol. The zero-order valence-corrected chi connectivity index (χ0v) is 11.6. The molecule has 0 unspecified atom stereocenters. The molecule has 0 aliphatic heterocycles. The van der Waals surface area contributed by atoms with Crippen molar-refractivity contribution >= 4 is 27.4 Å². The van der Waals surface area contributed by atoms with Gasteiger partial charge in [0.15, 0.2) is 0 Å². The minimum atomic E-state index is -0.713. The lowest BCUT2D eigenvalue weighted by molar-refractivity contribution is -0.139. The molecule has 0 saturated carbocycles. The van der Waals surface area contributed by atoms with Gasteiger partial charge < -0.3 is 5.11 Å². The smallest absolute Gasteiger partial charge is 0.303 e. The van der Waals surface area contributed by atoms with Crippen LogP contribution >= 0.6 is 11.3 Å². The van der Waals surface area contributed by atoms with Crippen molar-refractivity contribution in [1.29, 1.82) is 0 Å². The molecule has 1 aromatic carbocycles. The van der Waals surface area contributed by atoms with Crippen LogP contribution in [0.2, 0.25) is 0 Å². The Hall–Kier alpha value is -1.35. The molecule has 18 heavy (non-hydrogen) atoms. The summed E-state index contributed by atoms with van der Waals surface area (Å²) in [6.07, 6.45) is 2.08. The minimum absolute atomic E-state index is 0.144. The maximum atomic E-state index is 10.8. The van der Waals surface area contributed by atoms with Crippen molar-refractivity contribution in [1.82, 2.24) is 0 Å². The second-order valence-corrected chi connectivity index (χ2v) is 6.40. The van der Waals surface area contributed by atoms with Crippen LogP contribution < -0.4 is 0 Å². The molecule has 0 amide bonds. The van der Waals surface area contributed by atoms with Crippen LogP contribution in [0.5, 0.6) is 0 Å². The van der Waals surface area contributed by atoms with Gasteiger partial charge in [-0.2, -0.15) is 0 Å². The predicted octanol–water partition coefficient (Wildman–Crippen LogP) is 4.33. The Labute approximate surface area is 111 Å². The largest absolute Gasteiger partial charge is 0.481 e. The Morgan fingerprint density at radius 2 is 2.06 bits per heavy atom.